The van der Waals surface area contributed by atoms with Crippen LogP contribution in [0.4, 0.5) is 0 Å². The quantitative estimate of drug-likeness (QED) is 0.0391. The molecule has 0 radical (unpaired) electrons. The van der Waals surface area contributed by atoms with Crippen molar-refractivity contribution < 1.29 is 37.6 Å². The molecule has 0 amide bonds. The Morgan fingerprint density at radius 2 is 1.15 bits per heavy atom. The normalized spacial score (nSPS) is 14.0. The maximum absolute atomic E-state index is 12.4. The standard InChI is InChI=1S/C32H59O8P/c1-4-7-9-11-13-15-17-19-21-23-25-27-32(34)40-30(29-39-41(35,36)38-6-3)28-37-31(33)26-24-22-20-18-16-14-12-10-8-5-2/h10-13,30H,4-9,14-29H2,1-3H3,(H,35,36)/b12-10+,13-11-/t30-/m1/s1. The lowest BCUT2D eigenvalue weighted by Gasteiger charge is -2.19. The van der Waals surface area contributed by atoms with E-state index in [1.54, 1.807) is 6.92 Å². The molecule has 240 valence electrons. The number of esters is 2. The van der Waals surface area contributed by atoms with Crippen LogP contribution >= 0.6 is 7.82 Å². The van der Waals surface area contributed by atoms with Gasteiger partial charge in [-0.05, 0) is 58.3 Å². The van der Waals surface area contributed by atoms with Crippen molar-refractivity contribution >= 4 is 19.8 Å². The minimum atomic E-state index is -4.27. The Hall–Kier alpha value is -1.47. The molecule has 0 aliphatic carbocycles. The Kier molecular flexibility index (Phi) is 27.6. The van der Waals surface area contributed by atoms with Crippen molar-refractivity contribution in [1.29, 1.82) is 0 Å². The number of phosphoric acid groups is 1. The summed E-state index contributed by atoms with van der Waals surface area (Å²) in [6, 6.07) is 0. The molecule has 0 fully saturated rings. The molecule has 2 atom stereocenters. The molecule has 0 spiro atoms. The maximum atomic E-state index is 12.4. The molecule has 8 nitrogen and oxygen atoms in total. The Morgan fingerprint density at radius 3 is 1.71 bits per heavy atom. The molecule has 1 N–H and O–H groups in total. The van der Waals surface area contributed by atoms with Gasteiger partial charge in [-0.25, -0.2) is 4.57 Å². The van der Waals surface area contributed by atoms with Gasteiger partial charge in [0.2, 0.25) is 0 Å². The minimum absolute atomic E-state index is 0.00206. The molecule has 0 rings (SSSR count). The number of rotatable bonds is 29. The summed E-state index contributed by atoms with van der Waals surface area (Å²) < 4.78 is 32.3. The van der Waals surface area contributed by atoms with Gasteiger partial charge in [-0.15, -0.1) is 0 Å². The first-order chi connectivity index (χ1) is 19.8. The predicted octanol–water partition coefficient (Wildman–Crippen LogP) is 9.16. The van der Waals surface area contributed by atoms with Crippen molar-refractivity contribution in [2.24, 2.45) is 0 Å². The van der Waals surface area contributed by atoms with Gasteiger partial charge in [-0.2, -0.15) is 0 Å². The first-order valence-electron chi connectivity index (χ1n) is 16.1. The number of allylic oxidation sites excluding steroid dienone is 4. The molecule has 0 aliphatic heterocycles. The molecule has 0 bridgehead atoms. The zero-order valence-corrected chi connectivity index (χ0v) is 27.1. The summed E-state index contributed by atoms with van der Waals surface area (Å²) in [7, 11) is -4.27. The second-order valence-electron chi connectivity index (χ2n) is 10.5. The summed E-state index contributed by atoms with van der Waals surface area (Å²) in [4.78, 5) is 34.3. The molecule has 0 aromatic rings. The van der Waals surface area contributed by atoms with Crippen LogP contribution in [0.1, 0.15) is 143 Å². The number of carbonyl (C=O) groups is 2. The summed E-state index contributed by atoms with van der Waals surface area (Å²) >= 11 is 0. The molecule has 0 aromatic heterocycles. The largest absolute Gasteiger partial charge is 0.472 e. The van der Waals surface area contributed by atoms with Crippen LogP contribution in [0.15, 0.2) is 24.3 Å². The van der Waals surface area contributed by atoms with Crippen molar-refractivity contribution in [3.8, 4) is 0 Å². The Morgan fingerprint density at radius 1 is 0.634 bits per heavy atom. The van der Waals surface area contributed by atoms with E-state index in [4.69, 9.17) is 18.5 Å². The van der Waals surface area contributed by atoms with Crippen molar-refractivity contribution in [3.05, 3.63) is 24.3 Å². The fourth-order valence-electron chi connectivity index (χ4n) is 4.08. The van der Waals surface area contributed by atoms with Crippen molar-refractivity contribution in [1.82, 2.24) is 0 Å². The lowest BCUT2D eigenvalue weighted by Crippen LogP contribution is -2.29. The van der Waals surface area contributed by atoms with E-state index >= 15 is 0 Å². The highest BCUT2D eigenvalue weighted by Gasteiger charge is 2.25. The Bertz CT molecular complexity index is 737. The summed E-state index contributed by atoms with van der Waals surface area (Å²) in [6.45, 7) is 5.31. The van der Waals surface area contributed by atoms with Gasteiger partial charge in [0, 0.05) is 12.8 Å². The monoisotopic (exact) mass is 602 g/mol. The number of ether oxygens (including phenoxy) is 2. The van der Waals surface area contributed by atoms with E-state index in [1.165, 1.54) is 19.3 Å². The summed E-state index contributed by atoms with van der Waals surface area (Å²) in [5.74, 6) is -0.826. The van der Waals surface area contributed by atoms with Crippen LogP contribution in [0.5, 0.6) is 0 Å². The zero-order chi connectivity index (χ0) is 30.4. The fraction of sp³-hybridized carbons (Fsp3) is 0.812. The van der Waals surface area contributed by atoms with Gasteiger partial charge in [-0.1, -0.05) is 95.9 Å². The second kappa shape index (κ2) is 28.6. The van der Waals surface area contributed by atoms with Crippen LogP contribution in [0.25, 0.3) is 0 Å². The molecule has 0 saturated carbocycles. The number of hydrogen-bond donors (Lipinski definition) is 1. The number of unbranched alkanes of at least 4 members (excludes halogenated alkanes) is 13. The van der Waals surface area contributed by atoms with Crippen LogP contribution in [0, 0.1) is 0 Å². The summed E-state index contributed by atoms with van der Waals surface area (Å²) in [5.41, 5.74) is 0. The Labute approximate surface area is 250 Å². The van der Waals surface area contributed by atoms with E-state index in [0.29, 0.717) is 6.42 Å². The maximum Gasteiger partial charge on any atom is 0.472 e. The first kappa shape index (κ1) is 39.5. The Balaban J connectivity index is 4.27. The molecule has 1 unspecified atom stereocenters. The van der Waals surface area contributed by atoms with E-state index in [2.05, 4.69) is 38.2 Å². The molecular formula is C32H59O8P. The molecule has 0 saturated heterocycles. The average Bonchev–Trinajstić information content (AvgIpc) is 2.94. The smallest absolute Gasteiger partial charge is 0.462 e. The van der Waals surface area contributed by atoms with Gasteiger partial charge < -0.3 is 14.4 Å². The van der Waals surface area contributed by atoms with E-state index in [-0.39, 0.29) is 32.0 Å². The zero-order valence-electron chi connectivity index (χ0n) is 26.2. The van der Waals surface area contributed by atoms with Gasteiger partial charge >= 0.3 is 19.8 Å². The topological polar surface area (TPSA) is 108 Å². The van der Waals surface area contributed by atoms with Gasteiger partial charge in [0.25, 0.3) is 0 Å². The average molecular weight is 603 g/mol. The molecule has 41 heavy (non-hydrogen) atoms. The minimum Gasteiger partial charge on any atom is -0.462 e. The highest BCUT2D eigenvalue weighted by molar-refractivity contribution is 7.47. The molecular weight excluding hydrogens is 543 g/mol. The first-order valence-corrected chi connectivity index (χ1v) is 17.6. The van der Waals surface area contributed by atoms with Gasteiger partial charge in [0.15, 0.2) is 6.10 Å². The summed E-state index contributed by atoms with van der Waals surface area (Å²) in [5, 5.41) is 0. The second-order valence-corrected chi connectivity index (χ2v) is 11.9. The SMILES string of the molecule is CCC/C=C/CCCCCCCC(=O)OC[C@H](COP(=O)(O)OCC)OC(=O)CCCCCCC/C=C\CCCC. The van der Waals surface area contributed by atoms with Gasteiger partial charge in [0.1, 0.15) is 6.61 Å². The van der Waals surface area contributed by atoms with E-state index < -0.39 is 26.5 Å². The lowest BCUT2D eigenvalue weighted by molar-refractivity contribution is -0.161. The van der Waals surface area contributed by atoms with E-state index in [9.17, 15) is 19.0 Å². The molecule has 0 aliphatic rings. The number of hydrogen-bond acceptors (Lipinski definition) is 7. The van der Waals surface area contributed by atoms with Gasteiger partial charge in [0.05, 0.1) is 13.2 Å². The highest BCUT2D eigenvalue weighted by Crippen LogP contribution is 2.43. The van der Waals surface area contributed by atoms with E-state index in [1.807, 2.05) is 0 Å². The van der Waals surface area contributed by atoms with Crippen LogP contribution in [0.2, 0.25) is 0 Å². The molecule has 0 heterocycles. The third kappa shape index (κ3) is 28.4. The van der Waals surface area contributed by atoms with Gasteiger partial charge in [-0.3, -0.25) is 18.6 Å². The van der Waals surface area contributed by atoms with Crippen LogP contribution < -0.4 is 0 Å². The lowest BCUT2D eigenvalue weighted by atomic mass is 10.1. The van der Waals surface area contributed by atoms with Crippen LogP contribution in [-0.4, -0.2) is 42.8 Å². The summed E-state index contributed by atoms with van der Waals surface area (Å²) in [6.07, 6.45) is 26.7. The number of phosphoric ester groups is 1. The van der Waals surface area contributed by atoms with Crippen LogP contribution in [0.3, 0.4) is 0 Å². The fourth-order valence-corrected chi connectivity index (χ4v) is 4.84. The third-order valence-corrected chi connectivity index (χ3v) is 7.52. The van der Waals surface area contributed by atoms with Crippen molar-refractivity contribution in [2.75, 3.05) is 19.8 Å². The van der Waals surface area contributed by atoms with Crippen molar-refractivity contribution in [2.45, 2.75) is 149 Å². The molecule has 9 heteroatoms. The predicted molar refractivity (Wildman–Crippen MR) is 166 cm³/mol. The van der Waals surface area contributed by atoms with E-state index in [0.717, 1.165) is 83.5 Å². The number of carbonyl (C=O) groups excluding carboxylic acids is 2. The molecule has 0 aromatic carbocycles. The highest BCUT2D eigenvalue weighted by atomic mass is 31.2. The van der Waals surface area contributed by atoms with Crippen molar-refractivity contribution in [3.63, 3.8) is 0 Å². The third-order valence-electron chi connectivity index (χ3n) is 6.46. The van der Waals surface area contributed by atoms with Crippen LogP contribution in [-0.2, 0) is 32.7 Å².